The molecule has 0 unspecified atom stereocenters. The molecule has 0 bridgehead atoms. The Labute approximate surface area is 188 Å². The van der Waals surface area contributed by atoms with Gasteiger partial charge in [0.25, 0.3) is 0 Å². The Morgan fingerprint density at radius 2 is 1.28 bits per heavy atom. The Morgan fingerprint density at radius 1 is 0.719 bits per heavy atom. The molecule has 4 heteroatoms. The van der Waals surface area contributed by atoms with Crippen molar-refractivity contribution in [3.05, 3.63) is 107 Å². The summed E-state index contributed by atoms with van der Waals surface area (Å²) in [5, 5.41) is 0. The van der Waals surface area contributed by atoms with Crippen LogP contribution in [-0.2, 0) is 24.5 Å². The molecule has 0 spiro atoms. The van der Waals surface area contributed by atoms with E-state index in [1.807, 2.05) is 85.8 Å². The second-order valence-corrected chi connectivity index (χ2v) is 7.72. The number of ether oxygens (including phenoxy) is 2. The van der Waals surface area contributed by atoms with Gasteiger partial charge >= 0.3 is 11.9 Å². The largest absolute Gasteiger partial charge is 0.465 e. The number of hydrogen-bond donors (Lipinski definition) is 0. The highest BCUT2D eigenvalue weighted by molar-refractivity contribution is 6.27. The molecule has 0 fully saturated rings. The van der Waals surface area contributed by atoms with Crippen LogP contribution >= 0.6 is 0 Å². The van der Waals surface area contributed by atoms with E-state index in [-0.39, 0.29) is 13.2 Å². The highest BCUT2D eigenvalue weighted by atomic mass is 16.6. The van der Waals surface area contributed by atoms with Crippen molar-refractivity contribution in [1.29, 1.82) is 0 Å². The third-order valence-corrected chi connectivity index (χ3v) is 5.79. The fourth-order valence-corrected chi connectivity index (χ4v) is 4.46. The van der Waals surface area contributed by atoms with Crippen molar-refractivity contribution >= 4 is 23.1 Å². The highest BCUT2D eigenvalue weighted by Crippen LogP contribution is 2.54. The van der Waals surface area contributed by atoms with Crippen molar-refractivity contribution in [2.45, 2.75) is 26.2 Å². The third kappa shape index (κ3) is 3.32. The SMILES string of the molecule is CCOC(=O)C1(C(=O)OCC)C(c2ccccc2)=C(c2ccc(C)cc2)c2ccccc21. The van der Waals surface area contributed by atoms with Crippen LogP contribution in [0.2, 0.25) is 0 Å². The number of carbonyl (C=O) groups is 2. The minimum Gasteiger partial charge on any atom is -0.465 e. The first-order chi connectivity index (χ1) is 15.6. The highest BCUT2D eigenvalue weighted by Gasteiger charge is 2.59. The molecular weight excluding hydrogens is 400 g/mol. The van der Waals surface area contributed by atoms with E-state index in [1.54, 1.807) is 13.8 Å². The summed E-state index contributed by atoms with van der Waals surface area (Å²) in [4.78, 5) is 27.4. The maximum Gasteiger partial charge on any atom is 0.332 e. The predicted octanol–water partition coefficient (Wildman–Crippen LogP) is 5.33. The van der Waals surface area contributed by atoms with Gasteiger partial charge in [0.1, 0.15) is 0 Å². The van der Waals surface area contributed by atoms with Crippen molar-refractivity contribution in [1.82, 2.24) is 0 Å². The smallest absolute Gasteiger partial charge is 0.332 e. The van der Waals surface area contributed by atoms with Gasteiger partial charge in [-0.25, -0.2) is 0 Å². The van der Waals surface area contributed by atoms with Crippen LogP contribution in [0.5, 0.6) is 0 Å². The topological polar surface area (TPSA) is 52.6 Å². The quantitative estimate of drug-likeness (QED) is 0.395. The maximum absolute atomic E-state index is 13.7. The first kappa shape index (κ1) is 21.6. The number of carbonyl (C=O) groups excluding carboxylic acids is 2. The third-order valence-electron chi connectivity index (χ3n) is 5.79. The molecule has 0 radical (unpaired) electrons. The van der Waals surface area contributed by atoms with E-state index in [4.69, 9.17) is 9.47 Å². The lowest BCUT2D eigenvalue weighted by atomic mass is 9.74. The molecule has 4 rings (SSSR count). The van der Waals surface area contributed by atoms with E-state index < -0.39 is 17.4 Å². The number of fused-ring (bicyclic) bond motifs is 1. The molecule has 0 aromatic heterocycles. The molecular formula is C28H26O4. The molecule has 1 aliphatic rings. The van der Waals surface area contributed by atoms with Crippen molar-refractivity contribution in [2.75, 3.05) is 13.2 Å². The zero-order chi connectivity index (χ0) is 22.7. The summed E-state index contributed by atoms with van der Waals surface area (Å²) in [5.74, 6) is -1.24. The molecule has 0 atom stereocenters. The van der Waals surface area contributed by atoms with Crippen LogP contribution in [0.25, 0.3) is 11.1 Å². The van der Waals surface area contributed by atoms with Crippen LogP contribution in [0.4, 0.5) is 0 Å². The summed E-state index contributed by atoms with van der Waals surface area (Å²) in [7, 11) is 0. The van der Waals surface area contributed by atoms with Crippen LogP contribution in [0.1, 0.15) is 41.7 Å². The van der Waals surface area contributed by atoms with Crippen LogP contribution in [0.15, 0.2) is 78.9 Å². The first-order valence-electron chi connectivity index (χ1n) is 10.9. The zero-order valence-electron chi connectivity index (χ0n) is 18.6. The molecule has 0 aliphatic heterocycles. The van der Waals surface area contributed by atoms with E-state index >= 15 is 0 Å². The lowest BCUT2D eigenvalue weighted by Gasteiger charge is -2.29. The zero-order valence-corrected chi connectivity index (χ0v) is 18.6. The van der Waals surface area contributed by atoms with Gasteiger partial charge in [-0.2, -0.15) is 0 Å². The molecule has 0 N–H and O–H groups in total. The molecule has 0 heterocycles. The summed E-state index contributed by atoms with van der Waals surface area (Å²) >= 11 is 0. The molecule has 162 valence electrons. The predicted molar refractivity (Wildman–Crippen MR) is 125 cm³/mol. The van der Waals surface area contributed by atoms with Gasteiger partial charge in [0.15, 0.2) is 0 Å². The van der Waals surface area contributed by atoms with E-state index in [0.29, 0.717) is 11.1 Å². The Kier molecular flexibility index (Phi) is 5.95. The Balaban J connectivity index is 2.16. The van der Waals surface area contributed by atoms with Crippen molar-refractivity contribution in [3.8, 4) is 0 Å². The normalized spacial score (nSPS) is 14.1. The molecule has 3 aromatic carbocycles. The van der Waals surface area contributed by atoms with Crippen molar-refractivity contribution < 1.29 is 19.1 Å². The maximum atomic E-state index is 13.7. The monoisotopic (exact) mass is 426 g/mol. The van der Waals surface area contributed by atoms with Gasteiger partial charge in [-0.05, 0) is 48.6 Å². The van der Waals surface area contributed by atoms with E-state index in [9.17, 15) is 9.59 Å². The van der Waals surface area contributed by atoms with Crippen LogP contribution in [0.3, 0.4) is 0 Å². The fraction of sp³-hybridized carbons (Fsp3) is 0.214. The summed E-state index contributed by atoms with van der Waals surface area (Å²) in [6.45, 7) is 5.82. The summed E-state index contributed by atoms with van der Waals surface area (Å²) in [6.07, 6.45) is 0. The lowest BCUT2D eigenvalue weighted by Crippen LogP contribution is -2.46. The van der Waals surface area contributed by atoms with E-state index in [0.717, 1.165) is 27.8 Å². The summed E-state index contributed by atoms with van der Waals surface area (Å²) in [5.41, 5.74) is 3.99. The van der Waals surface area contributed by atoms with Crippen LogP contribution < -0.4 is 0 Å². The molecule has 0 saturated heterocycles. The summed E-state index contributed by atoms with van der Waals surface area (Å²) < 4.78 is 11.1. The minimum atomic E-state index is -1.70. The second kappa shape index (κ2) is 8.83. The molecule has 0 saturated carbocycles. The van der Waals surface area contributed by atoms with Crippen molar-refractivity contribution in [2.24, 2.45) is 0 Å². The van der Waals surface area contributed by atoms with Gasteiger partial charge in [-0.15, -0.1) is 0 Å². The number of rotatable bonds is 6. The van der Waals surface area contributed by atoms with Gasteiger partial charge in [0.2, 0.25) is 5.41 Å². The Hall–Kier alpha value is -3.66. The van der Waals surface area contributed by atoms with Crippen LogP contribution in [-0.4, -0.2) is 25.2 Å². The number of esters is 2. The molecule has 1 aliphatic carbocycles. The number of aryl methyl sites for hydroxylation is 1. The average Bonchev–Trinajstić information content (AvgIpc) is 3.13. The fourth-order valence-electron chi connectivity index (χ4n) is 4.46. The molecule has 0 amide bonds. The van der Waals surface area contributed by atoms with Gasteiger partial charge in [0.05, 0.1) is 13.2 Å². The van der Waals surface area contributed by atoms with Crippen molar-refractivity contribution in [3.63, 3.8) is 0 Å². The summed E-state index contributed by atoms with van der Waals surface area (Å²) in [6, 6.07) is 25.2. The average molecular weight is 427 g/mol. The van der Waals surface area contributed by atoms with E-state index in [1.165, 1.54) is 0 Å². The van der Waals surface area contributed by atoms with Gasteiger partial charge < -0.3 is 9.47 Å². The number of hydrogen-bond acceptors (Lipinski definition) is 4. The number of benzene rings is 3. The first-order valence-corrected chi connectivity index (χ1v) is 10.9. The lowest BCUT2D eigenvalue weighted by molar-refractivity contribution is -0.161. The van der Waals surface area contributed by atoms with Crippen LogP contribution in [0, 0.1) is 6.92 Å². The van der Waals surface area contributed by atoms with Gasteiger partial charge in [-0.3, -0.25) is 9.59 Å². The van der Waals surface area contributed by atoms with Gasteiger partial charge in [-0.1, -0.05) is 84.4 Å². The second-order valence-electron chi connectivity index (χ2n) is 7.72. The van der Waals surface area contributed by atoms with Gasteiger partial charge in [0, 0.05) is 5.57 Å². The molecule has 3 aromatic rings. The molecule has 4 nitrogen and oxygen atoms in total. The Bertz CT molecular complexity index is 1160. The Morgan fingerprint density at radius 3 is 1.88 bits per heavy atom. The molecule has 32 heavy (non-hydrogen) atoms. The standard InChI is InChI=1S/C28H26O4/c1-4-31-26(29)28(27(30)32-5-2)23-14-10-9-13-22(23)24(20-17-15-19(3)16-18-20)25(28)21-11-7-6-8-12-21/h6-18H,4-5H2,1-3H3. The van der Waals surface area contributed by atoms with E-state index in [2.05, 4.69) is 0 Å². The minimum absolute atomic E-state index is 0.157.